The van der Waals surface area contributed by atoms with Crippen molar-refractivity contribution < 1.29 is 8.83 Å². The third-order valence-electron chi connectivity index (χ3n) is 10.1. The van der Waals surface area contributed by atoms with Gasteiger partial charge < -0.3 is 8.83 Å². The first-order valence-electron chi connectivity index (χ1n) is 17.3. The topological polar surface area (TPSA) is 65.0 Å². The van der Waals surface area contributed by atoms with Gasteiger partial charge in [0.2, 0.25) is 0 Å². The van der Waals surface area contributed by atoms with Crippen LogP contribution in [0.1, 0.15) is 0 Å². The van der Waals surface area contributed by atoms with E-state index >= 15 is 0 Å². The van der Waals surface area contributed by atoms with Crippen molar-refractivity contribution in [2.45, 2.75) is 0 Å². The average Bonchev–Trinajstić information content (AvgIpc) is 3.78. The van der Waals surface area contributed by atoms with E-state index in [-0.39, 0.29) is 0 Å². The van der Waals surface area contributed by atoms with Gasteiger partial charge in [-0.1, -0.05) is 115 Å². The summed E-state index contributed by atoms with van der Waals surface area (Å²) in [4.78, 5) is 15.5. The van der Waals surface area contributed by atoms with Crippen LogP contribution in [-0.2, 0) is 0 Å². The molecule has 0 aliphatic rings. The van der Waals surface area contributed by atoms with Gasteiger partial charge in [-0.2, -0.15) is 0 Å². The van der Waals surface area contributed by atoms with E-state index in [1.165, 1.54) is 0 Å². The fourth-order valence-corrected chi connectivity index (χ4v) is 7.62. The Bertz CT molecular complexity index is 3210. The molecule has 0 aliphatic carbocycles. The number of hydrogen-bond acceptors (Lipinski definition) is 5. The van der Waals surface area contributed by atoms with Crippen molar-refractivity contribution in [3.63, 3.8) is 0 Å². The molecule has 3 aromatic heterocycles. The van der Waals surface area contributed by atoms with Gasteiger partial charge in [0, 0.05) is 38.2 Å². The largest absolute Gasteiger partial charge is 0.456 e. The summed E-state index contributed by atoms with van der Waals surface area (Å²) >= 11 is 0. The molecule has 0 radical (unpaired) electrons. The molecule has 0 saturated carbocycles. The minimum Gasteiger partial charge on any atom is -0.456 e. The molecule has 11 aromatic rings. The highest BCUT2D eigenvalue weighted by atomic mass is 16.3. The van der Waals surface area contributed by atoms with E-state index in [4.69, 9.17) is 23.8 Å². The molecule has 0 unspecified atom stereocenters. The Balaban J connectivity index is 1.16. The lowest BCUT2D eigenvalue weighted by molar-refractivity contribution is 0.668. The number of nitrogens with zero attached hydrogens (tertiary/aromatic N) is 3. The first kappa shape index (κ1) is 28.7. The van der Waals surface area contributed by atoms with Crippen LogP contribution in [0.5, 0.6) is 0 Å². The van der Waals surface area contributed by atoms with E-state index in [0.717, 1.165) is 93.2 Å². The number of aromatic nitrogens is 3. The number of rotatable bonds is 4. The van der Waals surface area contributed by atoms with Crippen LogP contribution in [0.15, 0.2) is 173 Å². The Kier molecular flexibility index (Phi) is 6.18. The fourth-order valence-electron chi connectivity index (χ4n) is 7.62. The minimum atomic E-state index is 0.577. The Morgan fingerprint density at radius 2 is 0.865 bits per heavy atom. The summed E-state index contributed by atoms with van der Waals surface area (Å²) in [6, 6.07) is 56.4. The molecule has 5 nitrogen and oxygen atoms in total. The molecule has 0 amide bonds. The van der Waals surface area contributed by atoms with Crippen molar-refractivity contribution >= 4 is 65.4 Å². The zero-order valence-corrected chi connectivity index (χ0v) is 27.7. The highest BCUT2D eigenvalue weighted by Gasteiger charge is 2.19. The molecule has 11 rings (SSSR count). The van der Waals surface area contributed by atoms with Crippen LogP contribution < -0.4 is 0 Å². The van der Waals surface area contributed by atoms with Crippen LogP contribution in [0, 0.1) is 0 Å². The third kappa shape index (κ3) is 4.53. The number of para-hydroxylation sites is 2. The normalized spacial score (nSPS) is 11.8. The molecule has 0 spiro atoms. The van der Waals surface area contributed by atoms with Crippen LogP contribution in [-0.4, -0.2) is 15.0 Å². The first-order chi connectivity index (χ1) is 25.7. The second kappa shape index (κ2) is 11.2. The van der Waals surface area contributed by atoms with E-state index in [9.17, 15) is 0 Å². The summed E-state index contributed by atoms with van der Waals surface area (Å²) in [6.07, 6.45) is 0. The highest BCUT2D eigenvalue weighted by molar-refractivity contribution is 6.15. The number of fused-ring (bicyclic) bond motifs is 8. The summed E-state index contributed by atoms with van der Waals surface area (Å²) in [6.45, 7) is 0. The standard InChI is InChI=1S/C47H27N3O2/c1-2-11-29-24-31(21-20-28(29)10-1)45-48-46(32-22-23-36-35-14-5-7-17-40(35)52-43(36)27-32)50-47(49-45)33-25-30-12-3-4-13-34(30)39(26-33)37-16-9-19-42-44(37)38-15-6-8-18-41(38)51-42/h1-27H. The smallest absolute Gasteiger partial charge is 0.164 e. The fraction of sp³-hybridized carbons (Fsp3) is 0. The van der Waals surface area contributed by atoms with Crippen LogP contribution in [0.3, 0.4) is 0 Å². The number of benzene rings is 8. The molecule has 3 heterocycles. The SMILES string of the molecule is c1ccc2cc(-c3nc(-c4cc(-c5cccc6oc7ccccc7c56)c5ccccc5c4)nc(-c4ccc5c(c4)oc4ccccc45)n3)ccc2c1. The number of hydrogen-bond donors (Lipinski definition) is 0. The second-order valence-electron chi connectivity index (χ2n) is 13.2. The van der Waals surface area contributed by atoms with Gasteiger partial charge in [0.25, 0.3) is 0 Å². The Labute approximate surface area is 297 Å². The predicted molar refractivity (Wildman–Crippen MR) is 211 cm³/mol. The maximum Gasteiger partial charge on any atom is 0.164 e. The molecule has 52 heavy (non-hydrogen) atoms. The van der Waals surface area contributed by atoms with Crippen molar-refractivity contribution in [1.82, 2.24) is 15.0 Å². The van der Waals surface area contributed by atoms with Gasteiger partial charge in [0.1, 0.15) is 22.3 Å². The van der Waals surface area contributed by atoms with Gasteiger partial charge in [0.05, 0.1) is 0 Å². The van der Waals surface area contributed by atoms with Crippen LogP contribution in [0.2, 0.25) is 0 Å². The quantitative estimate of drug-likeness (QED) is 0.187. The van der Waals surface area contributed by atoms with Gasteiger partial charge >= 0.3 is 0 Å². The van der Waals surface area contributed by atoms with E-state index < -0.39 is 0 Å². The second-order valence-corrected chi connectivity index (χ2v) is 13.2. The van der Waals surface area contributed by atoms with Crippen LogP contribution >= 0.6 is 0 Å². The van der Waals surface area contributed by atoms with E-state index in [2.05, 4.69) is 121 Å². The minimum absolute atomic E-state index is 0.577. The van der Waals surface area contributed by atoms with Gasteiger partial charge in [-0.15, -0.1) is 0 Å². The lowest BCUT2D eigenvalue weighted by Crippen LogP contribution is -2.00. The number of furan rings is 2. The molecule has 0 bridgehead atoms. The molecule has 242 valence electrons. The highest BCUT2D eigenvalue weighted by Crippen LogP contribution is 2.41. The van der Waals surface area contributed by atoms with Crippen molar-refractivity contribution in [1.29, 1.82) is 0 Å². The molecular formula is C47H27N3O2. The summed E-state index contributed by atoms with van der Waals surface area (Å²) < 4.78 is 12.6. The molecule has 0 N–H and O–H groups in total. The lowest BCUT2D eigenvalue weighted by Gasteiger charge is -2.13. The zero-order chi connectivity index (χ0) is 34.2. The van der Waals surface area contributed by atoms with Gasteiger partial charge in [-0.05, 0) is 81.2 Å². The maximum atomic E-state index is 6.31. The van der Waals surface area contributed by atoms with Crippen molar-refractivity contribution in [2.24, 2.45) is 0 Å². The summed E-state index contributed by atoms with van der Waals surface area (Å²) in [7, 11) is 0. The van der Waals surface area contributed by atoms with Crippen molar-refractivity contribution in [3.05, 3.63) is 164 Å². The first-order valence-corrected chi connectivity index (χ1v) is 17.3. The Morgan fingerprint density at radius 3 is 1.69 bits per heavy atom. The average molecular weight is 666 g/mol. The molecule has 0 aliphatic heterocycles. The Hall–Kier alpha value is -7.11. The molecule has 0 atom stereocenters. The molecule has 0 saturated heterocycles. The van der Waals surface area contributed by atoms with Gasteiger partial charge in [-0.25, -0.2) is 15.0 Å². The monoisotopic (exact) mass is 665 g/mol. The predicted octanol–water partition coefficient (Wildman–Crippen LogP) is 12.6. The van der Waals surface area contributed by atoms with Crippen molar-refractivity contribution in [2.75, 3.05) is 0 Å². The summed E-state index contributed by atoms with van der Waals surface area (Å²) in [5.74, 6) is 1.77. The molecule has 5 heteroatoms. The van der Waals surface area contributed by atoms with Crippen LogP contribution in [0.25, 0.3) is 111 Å². The molecule has 8 aromatic carbocycles. The van der Waals surface area contributed by atoms with Gasteiger partial charge in [-0.3, -0.25) is 0 Å². The maximum absolute atomic E-state index is 6.31. The van der Waals surface area contributed by atoms with Gasteiger partial charge in [0.15, 0.2) is 17.5 Å². The van der Waals surface area contributed by atoms with Crippen LogP contribution in [0.4, 0.5) is 0 Å². The van der Waals surface area contributed by atoms with E-state index in [1.54, 1.807) is 0 Å². The summed E-state index contributed by atoms with van der Waals surface area (Å²) in [5, 5.41) is 8.85. The van der Waals surface area contributed by atoms with Crippen molar-refractivity contribution in [3.8, 4) is 45.3 Å². The molecular weight excluding hydrogens is 639 g/mol. The summed E-state index contributed by atoms with van der Waals surface area (Å²) in [5.41, 5.74) is 8.23. The molecule has 0 fully saturated rings. The van der Waals surface area contributed by atoms with E-state index in [0.29, 0.717) is 17.5 Å². The third-order valence-corrected chi connectivity index (χ3v) is 10.1. The Morgan fingerprint density at radius 1 is 0.308 bits per heavy atom. The zero-order valence-electron chi connectivity index (χ0n) is 27.7. The lowest BCUT2D eigenvalue weighted by atomic mass is 9.92. The van der Waals surface area contributed by atoms with E-state index in [1.807, 2.05) is 42.5 Å².